The minimum atomic E-state index is -0.0371. The van der Waals surface area contributed by atoms with Gasteiger partial charge < -0.3 is 5.32 Å². The largest absolute Gasteiger partial charge is 0.352 e. The summed E-state index contributed by atoms with van der Waals surface area (Å²) in [5.41, 5.74) is 2.45. The van der Waals surface area contributed by atoms with Gasteiger partial charge in [0.2, 0.25) is 5.91 Å². The molecule has 1 atom stereocenters. The monoisotopic (exact) mass is 295 g/mol. The molecular formula is C20H25NO. The Labute approximate surface area is 133 Å². The standard InChI is InChI=1S/C20H25NO/c1-17-10-6-8-14-19(15-9-7-11-17)20(22)21-16-18-12-4-2-3-5-13-18/h2-4,6,9-13,15,19H,5,7-8,14,16H2,1H3,(H,21,22)/b10-6?,15-9+,17-11?. The fraction of sp³-hybridized carbons (Fsp3) is 0.350. The molecule has 0 spiro atoms. The van der Waals surface area contributed by atoms with Gasteiger partial charge in [0.1, 0.15) is 0 Å². The quantitative estimate of drug-likeness (QED) is 0.768. The van der Waals surface area contributed by atoms with Gasteiger partial charge in [-0.05, 0) is 38.2 Å². The Kier molecular flexibility index (Phi) is 6.69. The molecule has 2 rings (SSSR count). The first-order valence-corrected chi connectivity index (χ1v) is 8.05. The molecule has 0 saturated carbocycles. The van der Waals surface area contributed by atoms with E-state index in [9.17, 15) is 4.79 Å². The van der Waals surface area contributed by atoms with Crippen LogP contribution < -0.4 is 5.32 Å². The molecule has 2 heteroatoms. The van der Waals surface area contributed by atoms with Crippen molar-refractivity contribution in [3.63, 3.8) is 0 Å². The number of carbonyl (C=O) groups is 1. The minimum absolute atomic E-state index is 0.0371. The fourth-order valence-electron chi connectivity index (χ4n) is 2.50. The van der Waals surface area contributed by atoms with Gasteiger partial charge in [-0.1, -0.05) is 66.3 Å². The third-order valence-electron chi connectivity index (χ3n) is 3.85. The first-order chi connectivity index (χ1) is 10.8. The summed E-state index contributed by atoms with van der Waals surface area (Å²) < 4.78 is 0. The molecule has 0 heterocycles. The smallest absolute Gasteiger partial charge is 0.227 e. The lowest BCUT2D eigenvalue weighted by molar-refractivity contribution is -0.123. The van der Waals surface area contributed by atoms with Crippen molar-refractivity contribution < 1.29 is 4.79 Å². The highest BCUT2D eigenvalue weighted by Gasteiger charge is 2.14. The van der Waals surface area contributed by atoms with Crippen LogP contribution in [0.4, 0.5) is 0 Å². The molecule has 2 aliphatic rings. The maximum atomic E-state index is 12.4. The molecule has 1 amide bonds. The van der Waals surface area contributed by atoms with E-state index in [1.165, 1.54) is 11.1 Å². The van der Waals surface area contributed by atoms with Gasteiger partial charge in [0.15, 0.2) is 0 Å². The van der Waals surface area contributed by atoms with E-state index in [1.807, 2.05) is 12.2 Å². The first-order valence-electron chi connectivity index (χ1n) is 8.05. The fourth-order valence-corrected chi connectivity index (χ4v) is 2.50. The van der Waals surface area contributed by atoms with Crippen LogP contribution in [0.15, 0.2) is 71.9 Å². The molecule has 0 aromatic heterocycles. The predicted molar refractivity (Wildman–Crippen MR) is 93.4 cm³/mol. The minimum Gasteiger partial charge on any atom is -0.352 e. The molecule has 0 saturated heterocycles. The zero-order valence-electron chi connectivity index (χ0n) is 13.3. The molecule has 22 heavy (non-hydrogen) atoms. The van der Waals surface area contributed by atoms with Crippen LogP contribution in [0.2, 0.25) is 0 Å². The number of carbonyl (C=O) groups excluding carboxylic acids is 1. The van der Waals surface area contributed by atoms with E-state index in [4.69, 9.17) is 0 Å². The van der Waals surface area contributed by atoms with Crippen molar-refractivity contribution in [2.24, 2.45) is 5.92 Å². The van der Waals surface area contributed by atoms with Gasteiger partial charge in [0.05, 0.1) is 5.92 Å². The average molecular weight is 295 g/mol. The van der Waals surface area contributed by atoms with E-state index in [1.54, 1.807) is 0 Å². The number of amides is 1. The van der Waals surface area contributed by atoms with E-state index in [0.29, 0.717) is 6.54 Å². The van der Waals surface area contributed by atoms with Crippen molar-refractivity contribution in [3.8, 4) is 0 Å². The number of hydrogen-bond acceptors (Lipinski definition) is 1. The van der Waals surface area contributed by atoms with Gasteiger partial charge in [0, 0.05) is 6.54 Å². The number of rotatable bonds is 3. The summed E-state index contributed by atoms with van der Waals surface area (Å²) >= 11 is 0. The number of nitrogens with one attached hydrogen (secondary N) is 1. The second kappa shape index (κ2) is 9.04. The second-order valence-electron chi connectivity index (χ2n) is 5.72. The average Bonchev–Trinajstić information content (AvgIpc) is 2.80. The Morgan fingerprint density at radius 1 is 1.14 bits per heavy atom. The topological polar surface area (TPSA) is 29.1 Å². The van der Waals surface area contributed by atoms with Gasteiger partial charge in [-0.2, -0.15) is 0 Å². The van der Waals surface area contributed by atoms with Crippen molar-refractivity contribution in [2.75, 3.05) is 6.54 Å². The maximum Gasteiger partial charge on any atom is 0.227 e. The lowest BCUT2D eigenvalue weighted by Gasteiger charge is -2.13. The van der Waals surface area contributed by atoms with E-state index in [-0.39, 0.29) is 11.8 Å². The van der Waals surface area contributed by atoms with Gasteiger partial charge in [-0.15, -0.1) is 0 Å². The Morgan fingerprint density at radius 2 is 2.00 bits per heavy atom. The van der Waals surface area contributed by atoms with E-state index in [0.717, 1.165) is 25.7 Å². The normalized spacial score (nSPS) is 23.2. The third kappa shape index (κ3) is 5.72. The lowest BCUT2D eigenvalue weighted by atomic mass is 9.99. The molecule has 0 aromatic carbocycles. The highest BCUT2D eigenvalue weighted by Crippen LogP contribution is 2.14. The predicted octanol–water partition coefficient (Wildman–Crippen LogP) is 4.40. The molecule has 1 N–H and O–H groups in total. The summed E-state index contributed by atoms with van der Waals surface area (Å²) in [6.45, 7) is 2.72. The summed E-state index contributed by atoms with van der Waals surface area (Å²) in [7, 11) is 0. The summed E-state index contributed by atoms with van der Waals surface area (Å²) in [6, 6.07) is 0. The molecule has 0 fully saturated rings. The SMILES string of the molecule is CC1=CC/C=C/C(C(=O)NCC2=CCC=CC=C2)CCC=C1. The summed E-state index contributed by atoms with van der Waals surface area (Å²) in [6.07, 6.45) is 24.6. The van der Waals surface area contributed by atoms with Crippen LogP contribution in [-0.4, -0.2) is 12.5 Å². The summed E-state index contributed by atoms with van der Waals surface area (Å²) in [5.74, 6) is 0.0855. The van der Waals surface area contributed by atoms with Crippen LogP contribution in [0.1, 0.15) is 32.6 Å². The zero-order valence-corrected chi connectivity index (χ0v) is 13.3. The maximum absolute atomic E-state index is 12.4. The summed E-state index contributed by atoms with van der Waals surface area (Å²) in [4.78, 5) is 12.4. The van der Waals surface area contributed by atoms with E-state index >= 15 is 0 Å². The van der Waals surface area contributed by atoms with Crippen molar-refractivity contribution in [1.29, 1.82) is 0 Å². The Hall–Kier alpha value is -2.09. The Balaban J connectivity index is 1.89. The molecule has 1 unspecified atom stereocenters. The van der Waals surface area contributed by atoms with Gasteiger partial charge >= 0.3 is 0 Å². The van der Waals surface area contributed by atoms with Crippen molar-refractivity contribution in [2.45, 2.75) is 32.6 Å². The van der Waals surface area contributed by atoms with Crippen LogP contribution >= 0.6 is 0 Å². The molecule has 0 aromatic rings. The molecule has 2 aliphatic carbocycles. The molecule has 2 nitrogen and oxygen atoms in total. The van der Waals surface area contributed by atoms with Gasteiger partial charge in [-0.3, -0.25) is 4.79 Å². The van der Waals surface area contributed by atoms with Crippen molar-refractivity contribution >= 4 is 5.91 Å². The molecule has 116 valence electrons. The van der Waals surface area contributed by atoms with Crippen LogP contribution in [0.5, 0.6) is 0 Å². The molecule has 0 radical (unpaired) electrons. The molecule has 0 aliphatic heterocycles. The highest BCUT2D eigenvalue weighted by atomic mass is 16.1. The Bertz CT molecular complexity index is 558. The van der Waals surface area contributed by atoms with Crippen molar-refractivity contribution in [3.05, 3.63) is 71.9 Å². The van der Waals surface area contributed by atoms with Crippen LogP contribution in [-0.2, 0) is 4.79 Å². The number of hydrogen-bond donors (Lipinski definition) is 1. The van der Waals surface area contributed by atoms with Gasteiger partial charge in [-0.25, -0.2) is 0 Å². The molecule has 0 bridgehead atoms. The van der Waals surface area contributed by atoms with Crippen LogP contribution in [0.25, 0.3) is 0 Å². The first kappa shape index (κ1) is 16.3. The zero-order chi connectivity index (χ0) is 15.6. The highest BCUT2D eigenvalue weighted by molar-refractivity contribution is 5.80. The van der Waals surface area contributed by atoms with Crippen LogP contribution in [0.3, 0.4) is 0 Å². The number of allylic oxidation sites excluding steroid dienone is 9. The van der Waals surface area contributed by atoms with E-state index in [2.05, 4.69) is 60.8 Å². The summed E-state index contributed by atoms with van der Waals surface area (Å²) in [5, 5.41) is 3.07. The second-order valence-corrected chi connectivity index (χ2v) is 5.72. The molecular weight excluding hydrogens is 270 g/mol. The lowest BCUT2D eigenvalue weighted by Crippen LogP contribution is -2.31. The van der Waals surface area contributed by atoms with Crippen LogP contribution in [0, 0.1) is 5.92 Å². The van der Waals surface area contributed by atoms with Gasteiger partial charge in [0.25, 0.3) is 0 Å². The van der Waals surface area contributed by atoms with Crippen molar-refractivity contribution in [1.82, 2.24) is 5.32 Å². The third-order valence-corrected chi connectivity index (χ3v) is 3.85. The van der Waals surface area contributed by atoms with E-state index < -0.39 is 0 Å². The Morgan fingerprint density at radius 3 is 2.91 bits per heavy atom.